The van der Waals surface area contributed by atoms with Crippen LogP contribution in [0.15, 0.2) is 36.4 Å². The number of phenolic OH excluding ortho intramolecular Hbond substituents is 1. The fourth-order valence-corrected chi connectivity index (χ4v) is 1.80. The molecule has 2 aromatic rings. The lowest BCUT2D eigenvalue weighted by molar-refractivity contribution is 0.476. The van der Waals surface area contributed by atoms with Gasteiger partial charge in [-0.2, -0.15) is 0 Å². The lowest BCUT2D eigenvalue weighted by Crippen LogP contribution is -1.88. The zero-order chi connectivity index (χ0) is 10.1. The van der Waals surface area contributed by atoms with E-state index in [0.717, 1.165) is 5.39 Å². The zero-order valence-corrected chi connectivity index (χ0v) is 8.49. The van der Waals surface area contributed by atoms with Crippen LogP contribution in [0.5, 0.6) is 5.75 Å². The van der Waals surface area contributed by atoms with Crippen molar-refractivity contribution >= 4 is 10.8 Å². The van der Waals surface area contributed by atoms with Crippen LogP contribution in [0.3, 0.4) is 0 Å². The molecule has 2 rings (SSSR count). The van der Waals surface area contributed by atoms with E-state index in [9.17, 15) is 5.11 Å². The van der Waals surface area contributed by atoms with Crippen molar-refractivity contribution < 1.29 is 5.11 Å². The molecule has 0 unspecified atom stereocenters. The van der Waals surface area contributed by atoms with Gasteiger partial charge in [-0.25, -0.2) is 0 Å². The third-order valence-corrected chi connectivity index (χ3v) is 2.52. The summed E-state index contributed by atoms with van der Waals surface area (Å²) in [6.45, 7) is 4.36. The first kappa shape index (κ1) is 9.07. The Morgan fingerprint density at radius 2 is 1.86 bits per heavy atom. The van der Waals surface area contributed by atoms with Crippen molar-refractivity contribution in [1.82, 2.24) is 0 Å². The SMILES string of the molecule is CC(C)c1cccc2cc(O)ccc12. The monoisotopic (exact) mass is 186 g/mol. The molecule has 0 aromatic heterocycles. The first-order valence-corrected chi connectivity index (χ1v) is 4.90. The molecule has 0 heterocycles. The molecule has 0 spiro atoms. The molecule has 72 valence electrons. The van der Waals surface area contributed by atoms with E-state index in [-0.39, 0.29) is 0 Å². The molecule has 0 saturated heterocycles. The van der Waals surface area contributed by atoms with Crippen LogP contribution in [0.2, 0.25) is 0 Å². The van der Waals surface area contributed by atoms with Gasteiger partial charge in [-0.05, 0) is 34.4 Å². The number of phenols is 1. The van der Waals surface area contributed by atoms with Gasteiger partial charge in [-0.15, -0.1) is 0 Å². The Labute approximate surface area is 84.0 Å². The van der Waals surface area contributed by atoms with Crippen molar-refractivity contribution in [3.63, 3.8) is 0 Å². The highest BCUT2D eigenvalue weighted by Crippen LogP contribution is 2.27. The number of aromatic hydroxyl groups is 1. The number of hydrogen-bond donors (Lipinski definition) is 1. The molecule has 0 aliphatic heterocycles. The number of fused-ring (bicyclic) bond motifs is 1. The molecule has 0 aliphatic carbocycles. The summed E-state index contributed by atoms with van der Waals surface area (Å²) in [6.07, 6.45) is 0. The Hall–Kier alpha value is -1.50. The third-order valence-electron chi connectivity index (χ3n) is 2.52. The van der Waals surface area contributed by atoms with Crippen molar-refractivity contribution in [2.75, 3.05) is 0 Å². The van der Waals surface area contributed by atoms with Crippen molar-refractivity contribution in [3.8, 4) is 5.75 Å². The molecule has 1 N–H and O–H groups in total. The quantitative estimate of drug-likeness (QED) is 0.720. The number of benzene rings is 2. The van der Waals surface area contributed by atoms with Crippen molar-refractivity contribution in [1.29, 1.82) is 0 Å². The molecule has 0 aliphatic rings. The van der Waals surface area contributed by atoms with Crippen molar-refractivity contribution in [2.24, 2.45) is 0 Å². The largest absolute Gasteiger partial charge is 0.508 e. The molecule has 1 nitrogen and oxygen atoms in total. The van der Waals surface area contributed by atoms with Gasteiger partial charge >= 0.3 is 0 Å². The van der Waals surface area contributed by atoms with E-state index in [1.165, 1.54) is 10.9 Å². The molecule has 0 saturated carbocycles. The number of hydrogen-bond acceptors (Lipinski definition) is 1. The highest BCUT2D eigenvalue weighted by molar-refractivity contribution is 5.87. The summed E-state index contributed by atoms with van der Waals surface area (Å²) in [5, 5.41) is 11.7. The summed E-state index contributed by atoms with van der Waals surface area (Å²) in [6, 6.07) is 11.7. The molecule has 0 radical (unpaired) electrons. The van der Waals surface area contributed by atoms with Gasteiger partial charge in [0, 0.05) is 0 Å². The summed E-state index contributed by atoms with van der Waals surface area (Å²) >= 11 is 0. The van der Waals surface area contributed by atoms with Crippen LogP contribution in [0.4, 0.5) is 0 Å². The highest BCUT2D eigenvalue weighted by Gasteiger charge is 2.04. The Balaban J connectivity index is 2.75. The Kier molecular flexibility index (Phi) is 2.16. The fraction of sp³-hybridized carbons (Fsp3) is 0.231. The van der Waals surface area contributed by atoms with Crippen LogP contribution < -0.4 is 0 Å². The molecule has 0 bridgehead atoms. The maximum atomic E-state index is 9.36. The highest BCUT2D eigenvalue weighted by atomic mass is 16.3. The minimum absolute atomic E-state index is 0.332. The zero-order valence-electron chi connectivity index (χ0n) is 8.49. The van der Waals surface area contributed by atoms with Gasteiger partial charge in [-0.3, -0.25) is 0 Å². The second kappa shape index (κ2) is 3.33. The van der Waals surface area contributed by atoms with Gasteiger partial charge < -0.3 is 5.11 Å². The summed E-state index contributed by atoms with van der Waals surface area (Å²) in [5.74, 6) is 0.849. The Bertz CT molecular complexity index is 458. The smallest absolute Gasteiger partial charge is 0.116 e. The van der Waals surface area contributed by atoms with Crippen LogP contribution in [-0.2, 0) is 0 Å². The lowest BCUT2D eigenvalue weighted by atomic mass is 9.96. The minimum Gasteiger partial charge on any atom is -0.508 e. The molecule has 1 heteroatoms. The maximum absolute atomic E-state index is 9.36. The summed E-state index contributed by atoms with van der Waals surface area (Å²) < 4.78 is 0. The molecular formula is C13H14O. The second-order valence-corrected chi connectivity index (χ2v) is 3.91. The average molecular weight is 186 g/mol. The molecule has 2 aromatic carbocycles. The first-order valence-electron chi connectivity index (χ1n) is 4.90. The molecule has 0 amide bonds. The van der Waals surface area contributed by atoms with Crippen LogP contribution >= 0.6 is 0 Å². The molecule has 14 heavy (non-hydrogen) atoms. The molecule has 0 fully saturated rings. The second-order valence-electron chi connectivity index (χ2n) is 3.91. The van der Waals surface area contributed by atoms with E-state index in [1.807, 2.05) is 18.2 Å². The van der Waals surface area contributed by atoms with E-state index in [1.54, 1.807) is 12.1 Å². The minimum atomic E-state index is 0.332. The summed E-state index contributed by atoms with van der Waals surface area (Å²) in [5.41, 5.74) is 1.34. The van der Waals surface area contributed by atoms with Crippen LogP contribution in [0.25, 0.3) is 10.8 Å². The Morgan fingerprint density at radius 1 is 1.07 bits per heavy atom. The fourth-order valence-electron chi connectivity index (χ4n) is 1.80. The van der Waals surface area contributed by atoms with E-state index >= 15 is 0 Å². The van der Waals surface area contributed by atoms with Gasteiger partial charge in [0.2, 0.25) is 0 Å². The normalized spacial score (nSPS) is 11.1. The van der Waals surface area contributed by atoms with Gasteiger partial charge in [0.1, 0.15) is 5.75 Å². The predicted molar refractivity (Wildman–Crippen MR) is 59.7 cm³/mol. The standard InChI is InChI=1S/C13H14O/c1-9(2)12-5-3-4-10-8-11(14)6-7-13(10)12/h3-9,14H,1-2H3. The molecular weight excluding hydrogens is 172 g/mol. The van der Waals surface area contributed by atoms with E-state index < -0.39 is 0 Å². The van der Waals surface area contributed by atoms with Crippen LogP contribution in [-0.4, -0.2) is 5.11 Å². The van der Waals surface area contributed by atoms with Gasteiger partial charge in [0.15, 0.2) is 0 Å². The van der Waals surface area contributed by atoms with E-state index in [4.69, 9.17) is 0 Å². The van der Waals surface area contributed by atoms with Crippen molar-refractivity contribution in [2.45, 2.75) is 19.8 Å². The lowest BCUT2D eigenvalue weighted by Gasteiger charge is -2.09. The maximum Gasteiger partial charge on any atom is 0.116 e. The third kappa shape index (κ3) is 1.46. The predicted octanol–water partition coefficient (Wildman–Crippen LogP) is 3.67. The van der Waals surface area contributed by atoms with Gasteiger partial charge in [-0.1, -0.05) is 38.1 Å². The van der Waals surface area contributed by atoms with Gasteiger partial charge in [0.25, 0.3) is 0 Å². The van der Waals surface area contributed by atoms with E-state index in [0.29, 0.717) is 11.7 Å². The topological polar surface area (TPSA) is 20.2 Å². The van der Waals surface area contributed by atoms with Crippen LogP contribution in [0, 0.1) is 0 Å². The summed E-state index contributed by atoms with van der Waals surface area (Å²) in [4.78, 5) is 0. The van der Waals surface area contributed by atoms with E-state index in [2.05, 4.69) is 19.9 Å². The Morgan fingerprint density at radius 3 is 2.57 bits per heavy atom. The average Bonchev–Trinajstić information content (AvgIpc) is 2.16. The number of rotatable bonds is 1. The van der Waals surface area contributed by atoms with Crippen molar-refractivity contribution in [3.05, 3.63) is 42.0 Å². The summed E-state index contributed by atoms with van der Waals surface area (Å²) in [7, 11) is 0. The van der Waals surface area contributed by atoms with Gasteiger partial charge in [0.05, 0.1) is 0 Å². The molecule has 0 atom stereocenters. The first-order chi connectivity index (χ1) is 6.68. The van der Waals surface area contributed by atoms with Crippen LogP contribution in [0.1, 0.15) is 25.3 Å².